The molecule has 2 aliphatic rings. The van der Waals surface area contributed by atoms with Crippen molar-refractivity contribution >= 4 is 5.91 Å². The minimum absolute atomic E-state index is 0.268. The van der Waals surface area contributed by atoms with Crippen LogP contribution >= 0.6 is 0 Å². The van der Waals surface area contributed by atoms with E-state index in [-0.39, 0.29) is 6.61 Å². The Morgan fingerprint density at radius 3 is 2.61 bits per heavy atom. The molecule has 4 heteroatoms. The van der Waals surface area contributed by atoms with Crippen LogP contribution < -0.4 is 0 Å². The molecule has 0 aliphatic carbocycles. The van der Waals surface area contributed by atoms with Gasteiger partial charge in [-0.1, -0.05) is 0 Å². The summed E-state index contributed by atoms with van der Waals surface area (Å²) >= 11 is 0. The molecule has 2 rings (SSSR count). The van der Waals surface area contributed by atoms with E-state index >= 15 is 0 Å². The van der Waals surface area contributed by atoms with E-state index in [1.807, 2.05) is 4.90 Å². The Labute approximate surface area is 110 Å². The molecule has 1 unspecified atom stereocenters. The number of carbonyl (C=O) groups excluding carboxylic acids is 1. The van der Waals surface area contributed by atoms with Crippen LogP contribution in [-0.2, 0) is 4.79 Å². The molecule has 2 fully saturated rings. The predicted molar refractivity (Wildman–Crippen MR) is 71.3 cm³/mol. The first-order chi connectivity index (χ1) is 8.81. The van der Waals surface area contributed by atoms with Crippen molar-refractivity contribution in [1.82, 2.24) is 9.80 Å². The van der Waals surface area contributed by atoms with Gasteiger partial charge in [-0.2, -0.15) is 0 Å². The van der Waals surface area contributed by atoms with Crippen LogP contribution in [0.2, 0.25) is 0 Å². The molecule has 1 N–H and O–H groups in total. The molecule has 0 radical (unpaired) electrons. The van der Waals surface area contributed by atoms with Gasteiger partial charge in [0, 0.05) is 25.7 Å². The van der Waals surface area contributed by atoms with Crippen molar-refractivity contribution in [3.8, 4) is 0 Å². The lowest BCUT2D eigenvalue weighted by atomic mass is 10.1. The van der Waals surface area contributed by atoms with Crippen LogP contribution in [0.3, 0.4) is 0 Å². The van der Waals surface area contributed by atoms with Crippen LogP contribution in [0.15, 0.2) is 0 Å². The number of amides is 1. The third kappa shape index (κ3) is 3.69. The fraction of sp³-hybridized carbons (Fsp3) is 0.929. The molecule has 2 aliphatic heterocycles. The maximum atomic E-state index is 12.2. The maximum absolute atomic E-state index is 12.2. The summed E-state index contributed by atoms with van der Waals surface area (Å²) in [6.45, 7) is 3.82. The number of aliphatic hydroxyl groups excluding tert-OH is 1. The number of carbonyl (C=O) groups is 1. The first-order valence-electron chi connectivity index (χ1n) is 7.44. The summed E-state index contributed by atoms with van der Waals surface area (Å²) in [5, 5.41) is 8.90. The third-order valence-corrected chi connectivity index (χ3v) is 4.24. The van der Waals surface area contributed by atoms with Gasteiger partial charge in [0.15, 0.2) is 0 Å². The Balaban J connectivity index is 1.78. The lowest BCUT2D eigenvalue weighted by Gasteiger charge is -2.30. The van der Waals surface area contributed by atoms with Gasteiger partial charge in [-0.15, -0.1) is 0 Å². The SMILES string of the molecule is O=C(CN1CCCC1CCCO)N1CCCCC1. The number of rotatable bonds is 5. The molecule has 0 aromatic heterocycles. The Kier molecular flexibility index (Phi) is 5.45. The molecule has 104 valence electrons. The number of nitrogens with zero attached hydrogens (tertiary/aromatic N) is 2. The first-order valence-corrected chi connectivity index (χ1v) is 7.44. The van der Waals surface area contributed by atoms with Gasteiger partial charge in [-0.05, 0) is 51.5 Å². The second-order valence-electron chi connectivity index (χ2n) is 5.57. The van der Waals surface area contributed by atoms with Crippen molar-refractivity contribution in [2.24, 2.45) is 0 Å². The molecule has 2 heterocycles. The van der Waals surface area contributed by atoms with E-state index in [0.29, 0.717) is 18.5 Å². The van der Waals surface area contributed by atoms with Crippen molar-refractivity contribution in [1.29, 1.82) is 0 Å². The molecule has 0 spiro atoms. The summed E-state index contributed by atoms with van der Waals surface area (Å²) in [5.74, 6) is 0.311. The normalized spacial score (nSPS) is 25.6. The monoisotopic (exact) mass is 254 g/mol. The van der Waals surface area contributed by atoms with E-state index in [2.05, 4.69) is 4.90 Å². The largest absolute Gasteiger partial charge is 0.396 e. The minimum Gasteiger partial charge on any atom is -0.396 e. The maximum Gasteiger partial charge on any atom is 0.236 e. The van der Waals surface area contributed by atoms with E-state index in [1.165, 1.54) is 32.1 Å². The van der Waals surface area contributed by atoms with Gasteiger partial charge in [0.05, 0.1) is 6.54 Å². The van der Waals surface area contributed by atoms with Crippen LogP contribution in [-0.4, -0.2) is 59.6 Å². The van der Waals surface area contributed by atoms with Gasteiger partial charge in [0.1, 0.15) is 0 Å². The summed E-state index contributed by atoms with van der Waals surface area (Å²) in [6, 6.07) is 0.519. The number of hydrogen-bond donors (Lipinski definition) is 1. The highest BCUT2D eigenvalue weighted by Crippen LogP contribution is 2.21. The van der Waals surface area contributed by atoms with Gasteiger partial charge in [-0.3, -0.25) is 9.69 Å². The highest BCUT2D eigenvalue weighted by molar-refractivity contribution is 5.78. The molecule has 0 aromatic carbocycles. The number of aliphatic hydroxyl groups is 1. The average molecular weight is 254 g/mol. The van der Waals surface area contributed by atoms with Crippen LogP contribution in [0.5, 0.6) is 0 Å². The van der Waals surface area contributed by atoms with Gasteiger partial charge in [0.25, 0.3) is 0 Å². The average Bonchev–Trinajstić information content (AvgIpc) is 2.84. The van der Waals surface area contributed by atoms with E-state index in [4.69, 9.17) is 5.11 Å². The second kappa shape index (κ2) is 7.10. The third-order valence-electron chi connectivity index (χ3n) is 4.24. The smallest absolute Gasteiger partial charge is 0.236 e. The van der Waals surface area contributed by atoms with Crippen LogP contribution in [0.1, 0.15) is 44.9 Å². The highest BCUT2D eigenvalue weighted by Gasteiger charge is 2.27. The first kappa shape index (κ1) is 13.8. The van der Waals surface area contributed by atoms with Crippen molar-refractivity contribution < 1.29 is 9.90 Å². The number of piperidine rings is 1. The summed E-state index contributed by atoms with van der Waals surface area (Å²) < 4.78 is 0. The second-order valence-corrected chi connectivity index (χ2v) is 5.57. The lowest BCUT2D eigenvalue weighted by molar-refractivity contribution is -0.133. The van der Waals surface area contributed by atoms with Crippen molar-refractivity contribution in [3.63, 3.8) is 0 Å². The Morgan fingerprint density at radius 1 is 1.11 bits per heavy atom. The molecule has 1 amide bonds. The number of hydrogen-bond acceptors (Lipinski definition) is 3. The molecule has 2 saturated heterocycles. The minimum atomic E-state index is 0.268. The summed E-state index contributed by atoms with van der Waals surface area (Å²) in [7, 11) is 0. The van der Waals surface area contributed by atoms with Gasteiger partial charge < -0.3 is 10.0 Å². The topological polar surface area (TPSA) is 43.8 Å². The lowest BCUT2D eigenvalue weighted by Crippen LogP contribution is -2.44. The zero-order chi connectivity index (χ0) is 12.8. The van der Waals surface area contributed by atoms with Crippen LogP contribution in [0.4, 0.5) is 0 Å². The fourth-order valence-electron chi connectivity index (χ4n) is 3.17. The Bertz CT molecular complexity index is 265. The Morgan fingerprint density at radius 2 is 1.89 bits per heavy atom. The van der Waals surface area contributed by atoms with E-state index in [1.54, 1.807) is 0 Å². The molecule has 18 heavy (non-hydrogen) atoms. The standard InChI is InChI=1S/C14H26N2O2/c17-11-5-7-13-6-4-10-16(13)12-14(18)15-8-2-1-3-9-15/h13,17H,1-12H2. The molecule has 4 nitrogen and oxygen atoms in total. The van der Waals surface area contributed by atoms with Crippen LogP contribution in [0.25, 0.3) is 0 Å². The van der Waals surface area contributed by atoms with E-state index in [9.17, 15) is 4.79 Å². The molecule has 0 bridgehead atoms. The quantitative estimate of drug-likeness (QED) is 0.802. The predicted octanol–water partition coefficient (Wildman–Crippen LogP) is 1.24. The number of likely N-dealkylation sites (tertiary alicyclic amines) is 2. The highest BCUT2D eigenvalue weighted by atomic mass is 16.3. The van der Waals surface area contributed by atoms with Crippen molar-refractivity contribution in [2.45, 2.75) is 51.0 Å². The zero-order valence-corrected chi connectivity index (χ0v) is 11.3. The zero-order valence-electron chi connectivity index (χ0n) is 11.3. The van der Waals surface area contributed by atoms with Crippen molar-refractivity contribution in [3.05, 3.63) is 0 Å². The van der Waals surface area contributed by atoms with Gasteiger partial charge >= 0.3 is 0 Å². The summed E-state index contributed by atoms with van der Waals surface area (Å²) in [6.07, 6.45) is 7.88. The summed E-state index contributed by atoms with van der Waals surface area (Å²) in [4.78, 5) is 16.6. The summed E-state index contributed by atoms with van der Waals surface area (Å²) in [5.41, 5.74) is 0. The van der Waals surface area contributed by atoms with Gasteiger partial charge in [0.2, 0.25) is 5.91 Å². The molecular weight excluding hydrogens is 228 g/mol. The van der Waals surface area contributed by atoms with E-state index < -0.39 is 0 Å². The fourth-order valence-corrected chi connectivity index (χ4v) is 3.17. The molecular formula is C14H26N2O2. The molecule has 0 aromatic rings. The molecule has 1 atom stereocenters. The Hall–Kier alpha value is -0.610. The van der Waals surface area contributed by atoms with Gasteiger partial charge in [-0.25, -0.2) is 0 Å². The van der Waals surface area contributed by atoms with E-state index in [0.717, 1.165) is 32.5 Å². The van der Waals surface area contributed by atoms with Crippen LogP contribution in [0, 0.1) is 0 Å². The van der Waals surface area contributed by atoms with Crippen molar-refractivity contribution in [2.75, 3.05) is 32.8 Å². The molecule has 0 saturated carbocycles.